The first kappa shape index (κ1) is 24.5. The zero-order valence-electron chi connectivity index (χ0n) is 19.8. The third-order valence-corrected chi connectivity index (χ3v) is 8.11. The number of rotatable bonds is 11. The lowest BCUT2D eigenvalue weighted by atomic mass is 10.1. The van der Waals surface area contributed by atoms with Crippen LogP contribution in [-0.2, 0) is 33.1 Å². The van der Waals surface area contributed by atoms with Gasteiger partial charge in [0.25, 0.3) is 0 Å². The molecular weight excluding hydrogens is 426 g/mol. The minimum absolute atomic E-state index is 0.155. The van der Waals surface area contributed by atoms with Gasteiger partial charge in [-0.25, -0.2) is 8.42 Å². The number of hydrogen-bond donors (Lipinski definition) is 0. The number of methoxy groups -OCH3 is 1. The molecule has 0 bridgehead atoms. The van der Waals surface area contributed by atoms with Crippen molar-refractivity contribution in [3.63, 3.8) is 0 Å². The molecule has 1 aliphatic carbocycles. The highest BCUT2D eigenvalue weighted by atomic mass is 32.2. The van der Waals surface area contributed by atoms with E-state index in [1.807, 2.05) is 67.7 Å². The molecule has 176 valence electrons. The molecule has 1 heterocycles. The molecular formula is C24H35N3O4S. The van der Waals surface area contributed by atoms with Gasteiger partial charge in [0.2, 0.25) is 15.9 Å². The summed E-state index contributed by atoms with van der Waals surface area (Å²) in [6.07, 6.45) is 4.40. The Labute approximate surface area is 192 Å². The molecule has 1 aliphatic rings. The van der Waals surface area contributed by atoms with E-state index in [1.165, 1.54) is 4.31 Å². The van der Waals surface area contributed by atoms with Gasteiger partial charge >= 0.3 is 0 Å². The molecule has 0 atom stereocenters. The van der Waals surface area contributed by atoms with Gasteiger partial charge in [-0.05, 0) is 63.3 Å². The fourth-order valence-corrected chi connectivity index (χ4v) is 6.10. The van der Waals surface area contributed by atoms with Crippen LogP contribution in [0.5, 0.6) is 0 Å². The summed E-state index contributed by atoms with van der Waals surface area (Å²) >= 11 is 0. The minimum atomic E-state index is -3.84. The van der Waals surface area contributed by atoms with Crippen molar-refractivity contribution in [2.45, 2.75) is 57.5 Å². The second kappa shape index (κ2) is 10.2. The molecule has 7 nitrogen and oxygen atoms in total. The number of benzene rings is 1. The molecule has 1 aromatic carbocycles. The van der Waals surface area contributed by atoms with Crippen molar-refractivity contribution in [3.05, 3.63) is 52.8 Å². The van der Waals surface area contributed by atoms with Gasteiger partial charge in [0, 0.05) is 45.2 Å². The summed E-state index contributed by atoms with van der Waals surface area (Å²) in [4.78, 5) is 15.5. The number of aromatic nitrogens is 1. The Balaban J connectivity index is 1.88. The highest BCUT2D eigenvalue weighted by Gasteiger charge is 2.36. The molecule has 0 aliphatic heterocycles. The fraction of sp³-hybridized carbons (Fsp3) is 0.542. The van der Waals surface area contributed by atoms with Crippen molar-refractivity contribution < 1.29 is 17.9 Å². The van der Waals surface area contributed by atoms with Gasteiger partial charge in [-0.3, -0.25) is 4.79 Å². The molecule has 1 amide bonds. The Kier molecular flexibility index (Phi) is 7.79. The second-order valence-corrected chi connectivity index (χ2v) is 10.7. The van der Waals surface area contributed by atoms with E-state index in [9.17, 15) is 13.2 Å². The van der Waals surface area contributed by atoms with E-state index in [0.717, 1.165) is 24.1 Å². The van der Waals surface area contributed by atoms with Crippen LogP contribution in [0.2, 0.25) is 0 Å². The molecule has 3 rings (SSSR count). The van der Waals surface area contributed by atoms with Crippen LogP contribution in [0, 0.1) is 20.8 Å². The van der Waals surface area contributed by atoms with Gasteiger partial charge in [0.1, 0.15) is 0 Å². The fourth-order valence-electron chi connectivity index (χ4n) is 4.26. The Bertz CT molecular complexity index is 1030. The largest absolute Gasteiger partial charge is 0.385 e. The molecule has 8 heteroatoms. The third kappa shape index (κ3) is 5.60. The average Bonchev–Trinajstić information content (AvgIpc) is 3.46. The van der Waals surface area contributed by atoms with Crippen molar-refractivity contribution in [1.29, 1.82) is 0 Å². The van der Waals surface area contributed by atoms with Crippen LogP contribution in [0.4, 0.5) is 0 Å². The summed E-state index contributed by atoms with van der Waals surface area (Å²) < 4.78 is 35.9. The maximum absolute atomic E-state index is 13.7. The van der Waals surface area contributed by atoms with Crippen LogP contribution in [0.1, 0.15) is 41.6 Å². The predicted octanol–water partition coefficient (Wildman–Crippen LogP) is 3.17. The van der Waals surface area contributed by atoms with Crippen LogP contribution in [-0.4, -0.2) is 60.9 Å². The molecule has 0 N–H and O–H groups in total. The monoisotopic (exact) mass is 461 g/mol. The highest BCUT2D eigenvalue weighted by molar-refractivity contribution is 7.89. The maximum Gasteiger partial charge on any atom is 0.244 e. The number of amides is 1. The number of carbonyl (C=O) groups excluding carboxylic acids is 1. The van der Waals surface area contributed by atoms with E-state index in [1.54, 1.807) is 7.11 Å². The second-order valence-electron chi connectivity index (χ2n) is 8.78. The first-order chi connectivity index (χ1) is 15.1. The predicted molar refractivity (Wildman–Crippen MR) is 125 cm³/mol. The quantitative estimate of drug-likeness (QED) is 0.482. The first-order valence-electron chi connectivity index (χ1n) is 11.1. The van der Waals surface area contributed by atoms with Gasteiger partial charge in [-0.15, -0.1) is 0 Å². The minimum Gasteiger partial charge on any atom is -0.385 e. The lowest BCUT2D eigenvalue weighted by molar-refractivity contribution is -0.132. The van der Waals surface area contributed by atoms with Gasteiger partial charge < -0.3 is 14.2 Å². The molecule has 1 fully saturated rings. The van der Waals surface area contributed by atoms with Crippen LogP contribution in [0.3, 0.4) is 0 Å². The van der Waals surface area contributed by atoms with Crippen molar-refractivity contribution in [2.75, 3.05) is 26.8 Å². The lowest BCUT2D eigenvalue weighted by Gasteiger charge is -2.28. The number of carbonyl (C=O) groups is 1. The van der Waals surface area contributed by atoms with Gasteiger partial charge in [0.15, 0.2) is 0 Å². The first-order valence-corrected chi connectivity index (χ1v) is 12.6. The summed E-state index contributed by atoms with van der Waals surface area (Å²) in [6.45, 7) is 6.57. The number of hydrogen-bond acceptors (Lipinski definition) is 4. The summed E-state index contributed by atoms with van der Waals surface area (Å²) in [7, 11) is -0.295. The Morgan fingerprint density at radius 3 is 2.38 bits per heavy atom. The molecule has 0 radical (unpaired) electrons. The van der Waals surface area contributed by atoms with Crippen LogP contribution in [0.15, 0.2) is 35.4 Å². The molecule has 32 heavy (non-hydrogen) atoms. The molecule has 0 unspecified atom stereocenters. The van der Waals surface area contributed by atoms with E-state index in [-0.39, 0.29) is 25.0 Å². The van der Waals surface area contributed by atoms with Crippen molar-refractivity contribution in [3.8, 4) is 0 Å². The zero-order valence-corrected chi connectivity index (χ0v) is 20.6. The molecule has 1 aromatic heterocycles. The van der Waals surface area contributed by atoms with Crippen LogP contribution < -0.4 is 0 Å². The molecule has 0 spiro atoms. The van der Waals surface area contributed by atoms with Crippen LogP contribution >= 0.6 is 0 Å². The number of aryl methyl sites for hydroxylation is 4. The van der Waals surface area contributed by atoms with E-state index >= 15 is 0 Å². The highest BCUT2D eigenvalue weighted by Crippen LogP contribution is 2.30. The summed E-state index contributed by atoms with van der Waals surface area (Å²) in [5.74, 6) is -0.155. The zero-order chi connectivity index (χ0) is 23.5. The van der Waals surface area contributed by atoms with Crippen LogP contribution in [0.25, 0.3) is 0 Å². The van der Waals surface area contributed by atoms with Crippen molar-refractivity contribution in [1.82, 2.24) is 13.8 Å². The van der Waals surface area contributed by atoms with Crippen molar-refractivity contribution in [2.24, 2.45) is 7.05 Å². The van der Waals surface area contributed by atoms with E-state index in [0.29, 0.717) is 35.6 Å². The topological polar surface area (TPSA) is 71.8 Å². The standard InChI is InChI=1S/C24H35N3O4S/c1-18-14-19(2)24(20(3)15-18)32(29,30)26(12-7-13-31-5)17-23(28)27(21-9-10-21)16-22-8-6-11-25(22)4/h6,8,11,14-15,21H,7,9-10,12-13,16-17H2,1-5H3. The summed E-state index contributed by atoms with van der Waals surface area (Å²) in [6, 6.07) is 7.88. The van der Waals surface area contributed by atoms with E-state index < -0.39 is 10.0 Å². The summed E-state index contributed by atoms with van der Waals surface area (Å²) in [5.41, 5.74) is 3.46. The third-order valence-electron chi connectivity index (χ3n) is 5.96. The van der Waals surface area contributed by atoms with Gasteiger partial charge in [-0.2, -0.15) is 4.31 Å². The molecule has 0 saturated heterocycles. The molecule has 2 aromatic rings. The van der Waals surface area contributed by atoms with Crippen molar-refractivity contribution >= 4 is 15.9 Å². The smallest absolute Gasteiger partial charge is 0.244 e. The van der Waals surface area contributed by atoms with Gasteiger partial charge in [0.05, 0.1) is 18.0 Å². The molecule has 1 saturated carbocycles. The Hall–Kier alpha value is -2.16. The number of ether oxygens (including phenoxy) is 1. The Morgan fingerprint density at radius 2 is 1.84 bits per heavy atom. The normalized spacial score (nSPS) is 14.2. The van der Waals surface area contributed by atoms with E-state index in [4.69, 9.17) is 4.74 Å². The van der Waals surface area contributed by atoms with E-state index in [2.05, 4.69) is 0 Å². The average molecular weight is 462 g/mol. The van der Waals surface area contributed by atoms with Gasteiger partial charge in [-0.1, -0.05) is 17.7 Å². The Morgan fingerprint density at radius 1 is 1.19 bits per heavy atom. The summed E-state index contributed by atoms with van der Waals surface area (Å²) in [5, 5.41) is 0. The number of sulfonamides is 1. The number of nitrogens with zero attached hydrogens (tertiary/aromatic N) is 3. The SMILES string of the molecule is COCCCN(CC(=O)N(Cc1cccn1C)C1CC1)S(=O)(=O)c1c(C)cc(C)cc1C. The lowest BCUT2D eigenvalue weighted by Crippen LogP contribution is -2.44. The maximum atomic E-state index is 13.7.